The summed E-state index contributed by atoms with van der Waals surface area (Å²) in [4.78, 5) is 27.0. The van der Waals surface area contributed by atoms with E-state index in [0.29, 0.717) is 29.5 Å². The first kappa shape index (κ1) is 19.2. The fourth-order valence-electron chi connectivity index (χ4n) is 3.11. The molecule has 142 valence electrons. The van der Waals surface area contributed by atoms with Crippen LogP contribution in [0.15, 0.2) is 29.6 Å². The topological polar surface area (TPSA) is 107 Å². The highest BCUT2D eigenvalue weighted by Gasteiger charge is 2.17. The van der Waals surface area contributed by atoms with Gasteiger partial charge in [0.05, 0.1) is 5.75 Å². The third-order valence-corrected chi connectivity index (χ3v) is 5.49. The van der Waals surface area contributed by atoms with E-state index in [2.05, 4.69) is 28.2 Å². The van der Waals surface area contributed by atoms with Crippen LogP contribution < -0.4 is 5.73 Å². The van der Waals surface area contributed by atoms with E-state index in [9.17, 15) is 9.59 Å². The predicted octanol–water partition coefficient (Wildman–Crippen LogP) is 2.73. The number of nitrogens with two attached hydrogens (primary N) is 1. The molecule has 0 unspecified atom stereocenters. The van der Waals surface area contributed by atoms with Gasteiger partial charge in [-0.3, -0.25) is 9.59 Å². The minimum Gasteiger partial charge on any atom is -0.370 e. The molecule has 0 saturated heterocycles. The van der Waals surface area contributed by atoms with Crippen molar-refractivity contribution in [2.24, 2.45) is 5.73 Å². The highest BCUT2D eigenvalue weighted by atomic mass is 32.2. The number of fused-ring (bicyclic) bond motifs is 1. The fourth-order valence-corrected chi connectivity index (χ4v) is 4.02. The lowest BCUT2D eigenvalue weighted by atomic mass is 10.1. The smallest absolute Gasteiger partial charge is 0.217 e. The van der Waals surface area contributed by atoms with Crippen LogP contribution >= 0.6 is 11.8 Å². The molecule has 0 saturated carbocycles. The molecule has 3 aromatic rings. The number of amides is 1. The predicted molar refractivity (Wildman–Crippen MR) is 106 cm³/mol. The lowest BCUT2D eigenvalue weighted by molar-refractivity contribution is -0.118. The summed E-state index contributed by atoms with van der Waals surface area (Å²) in [5, 5.41) is 9.95. The number of rotatable bonds is 9. The zero-order chi connectivity index (χ0) is 19.4. The maximum Gasteiger partial charge on any atom is 0.217 e. The molecule has 1 aromatic carbocycles. The van der Waals surface area contributed by atoms with E-state index in [0.717, 1.165) is 17.3 Å². The van der Waals surface area contributed by atoms with Crippen molar-refractivity contribution in [1.29, 1.82) is 0 Å². The third kappa shape index (κ3) is 4.05. The average Bonchev–Trinajstić information content (AvgIpc) is 3.27. The minimum atomic E-state index is -0.365. The average molecular weight is 385 g/mol. The number of para-hydroxylation sites is 1. The molecule has 0 bridgehead atoms. The summed E-state index contributed by atoms with van der Waals surface area (Å²) in [5.41, 5.74) is 8.13. The molecule has 2 heterocycles. The third-order valence-electron chi connectivity index (χ3n) is 4.52. The van der Waals surface area contributed by atoms with Crippen LogP contribution in [0.1, 0.15) is 42.0 Å². The molecule has 27 heavy (non-hydrogen) atoms. The minimum absolute atomic E-state index is 0.0452. The number of thioether (sulfide) groups is 1. The second-order valence-electron chi connectivity index (χ2n) is 6.22. The molecule has 0 atom stereocenters. The number of aromatic amines is 1. The molecular formula is C19H23N5O2S. The zero-order valence-corrected chi connectivity index (χ0v) is 16.3. The molecular weight excluding hydrogens is 362 g/mol. The van der Waals surface area contributed by atoms with Gasteiger partial charge in [0, 0.05) is 42.0 Å². The molecule has 1 amide bonds. The summed E-state index contributed by atoms with van der Waals surface area (Å²) in [6.45, 7) is 4.75. The van der Waals surface area contributed by atoms with E-state index in [1.54, 1.807) is 6.20 Å². The van der Waals surface area contributed by atoms with Gasteiger partial charge in [-0.15, -0.1) is 10.2 Å². The number of aromatic nitrogens is 4. The quantitative estimate of drug-likeness (QED) is 0.435. The van der Waals surface area contributed by atoms with Crippen molar-refractivity contribution in [3.05, 3.63) is 41.3 Å². The van der Waals surface area contributed by atoms with Crippen LogP contribution in [0.25, 0.3) is 10.9 Å². The van der Waals surface area contributed by atoms with Crippen molar-refractivity contribution < 1.29 is 9.59 Å². The summed E-state index contributed by atoms with van der Waals surface area (Å²) < 4.78 is 1.92. The summed E-state index contributed by atoms with van der Waals surface area (Å²) in [5.74, 6) is 0.669. The van der Waals surface area contributed by atoms with Crippen molar-refractivity contribution in [2.45, 2.75) is 44.8 Å². The Hall–Kier alpha value is -2.61. The van der Waals surface area contributed by atoms with Gasteiger partial charge in [0.1, 0.15) is 5.82 Å². The van der Waals surface area contributed by atoms with Gasteiger partial charge in [-0.25, -0.2) is 0 Å². The molecule has 3 rings (SSSR count). The van der Waals surface area contributed by atoms with Gasteiger partial charge in [0.15, 0.2) is 10.9 Å². The normalized spacial score (nSPS) is 11.2. The summed E-state index contributed by atoms with van der Waals surface area (Å²) in [6.07, 6.45) is 3.38. The molecule has 3 N–H and O–H groups in total. The molecule has 8 heteroatoms. The molecule has 0 radical (unpaired) electrons. The maximum absolute atomic E-state index is 12.8. The van der Waals surface area contributed by atoms with Gasteiger partial charge < -0.3 is 15.3 Å². The van der Waals surface area contributed by atoms with Crippen molar-refractivity contribution in [1.82, 2.24) is 19.7 Å². The number of benzene rings is 1. The highest BCUT2D eigenvalue weighted by Crippen LogP contribution is 2.25. The fraction of sp³-hybridized carbons (Fsp3) is 0.368. The molecule has 0 spiro atoms. The van der Waals surface area contributed by atoms with Crippen LogP contribution in [-0.2, 0) is 24.2 Å². The summed E-state index contributed by atoms with van der Waals surface area (Å²) >= 11 is 1.36. The van der Waals surface area contributed by atoms with Crippen molar-refractivity contribution in [3.8, 4) is 0 Å². The van der Waals surface area contributed by atoms with Gasteiger partial charge in [-0.05, 0) is 18.9 Å². The lowest BCUT2D eigenvalue weighted by Gasteiger charge is -2.06. The summed E-state index contributed by atoms with van der Waals surface area (Å²) in [7, 11) is 0. The first-order valence-electron chi connectivity index (χ1n) is 9.00. The Morgan fingerprint density at radius 1 is 1.26 bits per heavy atom. The van der Waals surface area contributed by atoms with Crippen LogP contribution in [-0.4, -0.2) is 37.2 Å². The Kier molecular flexibility index (Phi) is 5.95. The zero-order valence-electron chi connectivity index (χ0n) is 15.5. The molecule has 0 fully saturated rings. The molecule has 0 aliphatic heterocycles. The first-order valence-corrected chi connectivity index (χ1v) is 9.99. The number of primary amides is 1. The Morgan fingerprint density at radius 2 is 2.07 bits per heavy atom. The van der Waals surface area contributed by atoms with Crippen LogP contribution in [0.2, 0.25) is 0 Å². The highest BCUT2D eigenvalue weighted by molar-refractivity contribution is 7.99. The number of carbonyl (C=O) groups excluding carboxylic acids is 2. The molecule has 7 nitrogen and oxygen atoms in total. The van der Waals surface area contributed by atoms with Gasteiger partial charge >= 0.3 is 0 Å². The van der Waals surface area contributed by atoms with E-state index in [1.807, 2.05) is 23.6 Å². The van der Waals surface area contributed by atoms with Crippen molar-refractivity contribution >= 4 is 34.4 Å². The van der Waals surface area contributed by atoms with Gasteiger partial charge in [0.25, 0.3) is 0 Å². The monoisotopic (exact) mass is 385 g/mol. The van der Waals surface area contributed by atoms with E-state index in [-0.39, 0.29) is 23.9 Å². The lowest BCUT2D eigenvalue weighted by Crippen LogP contribution is -2.13. The Balaban J connectivity index is 1.74. The number of nitrogens with one attached hydrogen (secondary N) is 1. The SMILES string of the molecule is CCc1cccc2c(C(=O)CSc3nnc(CCC(N)=O)n3CC)c[nH]c12. The number of nitrogens with zero attached hydrogens (tertiary/aromatic N) is 3. The summed E-state index contributed by atoms with van der Waals surface area (Å²) in [6, 6.07) is 6.02. The van der Waals surface area contributed by atoms with Crippen LogP contribution in [0.5, 0.6) is 0 Å². The largest absolute Gasteiger partial charge is 0.370 e. The van der Waals surface area contributed by atoms with E-state index < -0.39 is 0 Å². The van der Waals surface area contributed by atoms with Gasteiger partial charge in [0.2, 0.25) is 5.91 Å². The standard InChI is InChI=1S/C19H23N5O2S/c1-3-12-6-5-7-13-14(10-21-18(12)13)15(25)11-27-19-23-22-17(24(19)4-2)9-8-16(20)26/h5-7,10,21H,3-4,8-9,11H2,1-2H3,(H2,20,26). The first-order chi connectivity index (χ1) is 13.0. The Labute approximate surface area is 161 Å². The molecule has 0 aliphatic rings. The van der Waals surface area contributed by atoms with E-state index >= 15 is 0 Å². The van der Waals surface area contributed by atoms with Crippen molar-refractivity contribution in [2.75, 3.05) is 5.75 Å². The van der Waals surface area contributed by atoms with E-state index in [1.165, 1.54) is 17.3 Å². The van der Waals surface area contributed by atoms with Gasteiger partial charge in [-0.2, -0.15) is 0 Å². The van der Waals surface area contributed by atoms with Crippen LogP contribution in [0, 0.1) is 0 Å². The number of hydrogen-bond acceptors (Lipinski definition) is 5. The Morgan fingerprint density at radius 3 is 2.78 bits per heavy atom. The number of hydrogen-bond donors (Lipinski definition) is 2. The number of aryl methyl sites for hydroxylation is 2. The number of H-pyrrole nitrogens is 1. The van der Waals surface area contributed by atoms with E-state index in [4.69, 9.17) is 5.73 Å². The second-order valence-corrected chi connectivity index (χ2v) is 7.16. The second kappa shape index (κ2) is 8.39. The number of ketones is 1. The van der Waals surface area contributed by atoms with Crippen LogP contribution in [0.4, 0.5) is 0 Å². The molecule has 2 aromatic heterocycles. The number of Topliss-reactive ketones (excluding diaryl/α,β-unsaturated/α-hetero) is 1. The maximum atomic E-state index is 12.8. The van der Waals surface area contributed by atoms with Crippen LogP contribution in [0.3, 0.4) is 0 Å². The Bertz CT molecular complexity index is 976. The van der Waals surface area contributed by atoms with Gasteiger partial charge in [-0.1, -0.05) is 36.9 Å². The van der Waals surface area contributed by atoms with Crippen molar-refractivity contribution in [3.63, 3.8) is 0 Å². The number of carbonyl (C=O) groups is 2. The molecule has 0 aliphatic carbocycles.